The van der Waals surface area contributed by atoms with E-state index in [2.05, 4.69) is 20.9 Å². The summed E-state index contributed by atoms with van der Waals surface area (Å²) in [4.78, 5) is 32.2. The number of carbonyl (C=O) groups is 1. The Morgan fingerprint density at radius 2 is 1.77 bits per heavy atom. The number of benzene rings is 3. The Labute approximate surface area is 260 Å². The third kappa shape index (κ3) is 6.04. The zero-order valence-electron chi connectivity index (χ0n) is 23.5. The maximum absolute atomic E-state index is 13.9. The maximum Gasteiger partial charge on any atom is 0.338 e. The highest BCUT2D eigenvalue weighted by atomic mass is 79.9. The van der Waals surface area contributed by atoms with Gasteiger partial charge in [-0.1, -0.05) is 81.9 Å². The van der Waals surface area contributed by atoms with Crippen molar-refractivity contribution in [3.05, 3.63) is 143 Å². The number of hydrogen-bond donors (Lipinski definition) is 0. The van der Waals surface area contributed by atoms with Crippen LogP contribution < -0.4 is 19.6 Å². The predicted molar refractivity (Wildman–Crippen MR) is 169 cm³/mol. The van der Waals surface area contributed by atoms with E-state index in [-0.39, 0.29) is 17.7 Å². The van der Waals surface area contributed by atoms with Gasteiger partial charge in [-0.15, -0.1) is 0 Å². The van der Waals surface area contributed by atoms with E-state index in [1.54, 1.807) is 19.9 Å². The van der Waals surface area contributed by atoms with Crippen LogP contribution in [0.15, 0.2) is 121 Å². The largest absolute Gasteiger partial charge is 0.489 e. The third-order valence-electron chi connectivity index (χ3n) is 6.97. The highest BCUT2D eigenvalue weighted by molar-refractivity contribution is 9.10. The summed E-state index contributed by atoms with van der Waals surface area (Å²) in [5, 5.41) is 0. The Hall–Kier alpha value is -4.47. The first-order valence-electron chi connectivity index (χ1n) is 13.7. The number of furan rings is 1. The quantitative estimate of drug-likeness (QED) is 0.181. The Balaban J connectivity index is 1.36. The number of thiazole rings is 1. The summed E-state index contributed by atoms with van der Waals surface area (Å²) < 4.78 is 20.5. The molecule has 0 unspecified atom stereocenters. The fourth-order valence-electron chi connectivity index (χ4n) is 4.88. The van der Waals surface area contributed by atoms with Crippen LogP contribution in [0.5, 0.6) is 5.75 Å². The molecule has 3 heterocycles. The first kappa shape index (κ1) is 28.6. The number of rotatable bonds is 8. The van der Waals surface area contributed by atoms with Crippen molar-refractivity contribution in [2.45, 2.75) is 26.5 Å². The van der Waals surface area contributed by atoms with Crippen LogP contribution in [-0.2, 0) is 16.1 Å². The Bertz CT molecular complexity index is 1990. The lowest BCUT2D eigenvalue weighted by atomic mass is 10.0. The standard InChI is InChI=1S/C34H27BrN2O5S/c1-3-40-33(39)30-21(2)36-34-37(31(30)28-18-17-27(42-28)24-11-13-25(35)14-12-24)32(38)29(43-34)19-22-9-15-26(16-10-22)41-20-23-7-5-4-6-8-23/h4-19,31H,3,20H2,1-2H3/b29-19-/t31-/m0/s1. The molecule has 5 aromatic rings. The number of fused-ring (bicyclic) bond motifs is 1. The van der Waals surface area contributed by atoms with E-state index in [0.29, 0.717) is 33.2 Å². The average Bonchev–Trinajstić information content (AvgIpc) is 3.62. The summed E-state index contributed by atoms with van der Waals surface area (Å²) in [6, 6.07) is 28.1. The monoisotopic (exact) mass is 654 g/mol. The highest BCUT2D eigenvalue weighted by Gasteiger charge is 2.35. The zero-order chi connectivity index (χ0) is 29.9. The number of ether oxygens (including phenoxy) is 2. The molecule has 0 amide bonds. The summed E-state index contributed by atoms with van der Waals surface area (Å²) in [6.07, 6.45) is 1.82. The van der Waals surface area contributed by atoms with E-state index in [1.165, 1.54) is 15.9 Å². The third-order valence-corrected chi connectivity index (χ3v) is 8.48. The molecule has 6 rings (SSSR count). The molecule has 43 heavy (non-hydrogen) atoms. The lowest BCUT2D eigenvalue weighted by Crippen LogP contribution is -2.39. The van der Waals surface area contributed by atoms with Crippen LogP contribution in [0.2, 0.25) is 0 Å². The number of esters is 1. The van der Waals surface area contributed by atoms with Gasteiger partial charge in [0.05, 0.1) is 22.4 Å². The molecule has 0 N–H and O–H groups in total. The van der Waals surface area contributed by atoms with E-state index in [0.717, 1.165) is 26.9 Å². The Kier molecular flexibility index (Phi) is 8.26. The van der Waals surface area contributed by atoms with Gasteiger partial charge in [0.2, 0.25) is 0 Å². The minimum Gasteiger partial charge on any atom is -0.489 e. The van der Waals surface area contributed by atoms with Gasteiger partial charge in [-0.3, -0.25) is 9.36 Å². The summed E-state index contributed by atoms with van der Waals surface area (Å²) >= 11 is 4.72. The number of halogens is 1. The van der Waals surface area contributed by atoms with Crippen molar-refractivity contribution >= 4 is 39.3 Å². The zero-order valence-corrected chi connectivity index (χ0v) is 25.9. The van der Waals surface area contributed by atoms with Crippen molar-refractivity contribution in [2.24, 2.45) is 4.99 Å². The van der Waals surface area contributed by atoms with Crippen molar-refractivity contribution in [3.63, 3.8) is 0 Å². The van der Waals surface area contributed by atoms with Gasteiger partial charge in [0.25, 0.3) is 5.56 Å². The average molecular weight is 656 g/mol. The molecule has 1 atom stereocenters. The second-order valence-corrected chi connectivity index (χ2v) is 11.8. The molecule has 0 radical (unpaired) electrons. The molecular formula is C34H27BrN2O5S. The molecular weight excluding hydrogens is 628 g/mol. The van der Waals surface area contributed by atoms with Crippen molar-refractivity contribution in [1.82, 2.24) is 4.57 Å². The van der Waals surface area contributed by atoms with Gasteiger partial charge in [0.15, 0.2) is 4.80 Å². The molecule has 3 aromatic carbocycles. The summed E-state index contributed by atoms with van der Waals surface area (Å²) in [7, 11) is 0. The minimum atomic E-state index is -0.824. The van der Waals surface area contributed by atoms with E-state index < -0.39 is 12.0 Å². The van der Waals surface area contributed by atoms with Crippen molar-refractivity contribution in [1.29, 1.82) is 0 Å². The molecule has 216 valence electrons. The number of hydrogen-bond acceptors (Lipinski definition) is 7. The summed E-state index contributed by atoms with van der Waals surface area (Å²) in [5.41, 5.74) is 3.28. The fraction of sp³-hybridized carbons (Fsp3) is 0.147. The molecule has 0 saturated heterocycles. The van der Waals surface area contributed by atoms with Gasteiger partial charge < -0.3 is 13.9 Å². The first-order chi connectivity index (χ1) is 20.9. The molecule has 0 fully saturated rings. The fourth-order valence-corrected chi connectivity index (χ4v) is 6.19. The predicted octanol–water partition coefficient (Wildman–Crippen LogP) is 6.40. The van der Waals surface area contributed by atoms with Crippen LogP contribution in [0.25, 0.3) is 17.4 Å². The van der Waals surface area contributed by atoms with Gasteiger partial charge in [-0.25, -0.2) is 9.79 Å². The molecule has 0 aliphatic carbocycles. The smallest absolute Gasteiger partial charge is 0.338 e. The van der Waals surface area contributed by atoms with Gasteiger partial charge >= 0.3 is 5.97 Å². The van der Waals surface area contributed by atoms with Crippen molar-refractivity contribution < 1.29 is 18.7 Å². The van der Waals surface area contributed by atoms with E-state index in [4.69, 9.17) is 13.9 Å². The van der Waals surface area contributed by atoms with Crippen molar-refractivity contribution in [2.75, 3.05) is 6.61 Å². The van der Waals surface area contributed by atoms with Crippen molar-refractivity contribution in [3.8, 4) is 17.1 Å². The van der Waals surface area contributed by atoms with Crippen LogP contribution in [0, 0.1) is 0 Å². The maximum atomic E-state index is 13.9. The lowest BCUT2D eigenvalue weighted by molar-refractivity contribution is -0.139. The normalized spacial score (nSPS) is 14.8. The molecule has 1 aliphatic rings. The number of nitrogens with zero attached hydrogens (tertiary/aromatic N) is 2. The Morgan fingerprint density at radius 1 is 1.02 bits per heavy atom. The SMILES string of the molecule is CCOC(=O)C1=C(C)N=c2s/c(=C\c3ccc(OCc4ccccc4)cc3)c(=O)n2[C@H]1c1ccc(-c2ccc(Br)cc2)o1. The first-order valence-corrected chi connectivity index (χ1v) is 15.3. The molecule has 0 bridgehead atoms. The summed E-state index contributed by atoms with van der Waals surface area (Å²) in [6.45, 7) is 4.16. The van der Waals surface area contributed by atoms with Crippen LogP contribution in [0.4, 0.5) is 0 Å². The number of carbonyl (C=O) groups excluding carboxylic acids is 1. The van der Waals surface area contributed by atoms with E-state index in [9.17, 15) is 9.59 Å². The van der Waals surface area contributed by atoms with Crippen LogP contribution >= 0.6 is 27.3 Å². The van der Waals surface area contributed by atoms with E-state index >= 15 is 0 Å². The lowest BCUT2D eigenvalue weighted by Gasteiger charge is -2.22. The second kappa shape index (κ2) is 12.4. The molecule has 0 saturated carbocycles. The molecule has 7 nitrogen and oxygen atoms in total. The van der Waals surface area contributed by atoms with Crippen LogP contribution in [0.1, 0.15) is 36.8 Å². The highest BCUT2D eigenvalue weighted by Crippen LogP contribution is 2.34. The number of allylic oxidation sites excluding steroid dienone is 1. The molecule has 0 spiro atoms. The van der Waals surface area contributed by atoms with Gasteiger partial charge in [-0.2, -0.15) is 0 Å². The van der Waals surface area contributed by atoms with Gasteiger partial charge in [0.1, 0.15) is 29.9 Å². The molecule has 2 aromatic heterocycles. The topological polar surface area (TPSA) is 83.0 Å². The van der Waals surface area contributed by atoms with Crippen LogP contribution in [0.3, 0.4) is 0 Å². The molecule has 9 heteroatoms. The summed E-state index contributed by atoms with van der Waals surface area (Å²) in [5.74, 6) is 1.27. The van der Waals surface area contributed by atoms with Crippen LogP contribution in [-0.4, -0.2) is 17.1 Å². The Morgan fingerprint density at radius 3 is 2.49 bits per heavy atom. The molecule has 1 aliphatic heterocycles. The van der Waals surface area contributed by atoms with Gasteiger partial charge in [0, 0.05) is 10.0 Å². The van der Waals surface area contributed by atoms with Gasteiger partial charge in [-0.05, 0) is 67.4 Å². The number of aromatic nitrogens is 1. The van der Waals surface area contributed by atoms with E-state index in [1.807, 2.05) is 91.0 Å². The minimum absolute atomic E-state index is 0.195. The second-order valence-electron chi connectivity index (χ2n) is 9.85.